The fourth-order valence-electron chi connectivity index (χ4n) is 4.85. The third-order valence-electron chi connectivity index (χ3n) is 6.49. The number of hydrogen-bond donors (Lipinski definition) is 3. The van der Waals surface area contributed by atoms with Gasteiger partial charge in [0.15, 0.2) is 0 Å². The minimum atomic E-state index is -0.216. The van der Waals surface area contributed by atoms with Crippen LogP contribution in [-0.4, -0.2) is 75.2 Å². The van der Waals surface area contributed by atoms with Crippen LogP contribution in [0.1, 0.15) is 84.0 Å². The SMILES string of the molecule is C=N.CC1CCCC(N2CCC(N)C2)C1.CN(C)C.NC(C=O)CCC1CCCCC1. The van der Waals surface area contributed by atoms with Crippen LogP contribution < -0.4 is 11.5 Å². The topological polar surface area (TPSA) is 99.4 Å². The van der Waals surface area contributed by atoms with E-state index in [4.69, 9.17) is 16.9 Å². The normalized spacial score (nSPS) is 27.6. The number of carbonyl (C=O) groups excluding carboxylic acids is 1. The van der Waals surface area contributed by atoms with Gasteiger partial charge in [-0.25, -0.2) is 0 Å². The molecule has 6 heteroatoms. The maximum absolute atomic E-state index is 10.3. The first-order chi connectivity index (χ1) is 14.8. The van der Waals surface area contributed by atoms with Gasteiger partial charge in [-0.2, -0.15) is 0 Å². The number of aldehydes is 1. The number of nitrogens with one attached hydrogen (secondary N) is 1. The van der Waals surface area contributed by atoms with Crippen molar-refractivity contribution in [3.8, 4) is 0 Å². The summed E-state index contributed by atoms with van der Waals surface area (Å²) in [5.41, 5.74) is 11.4. The van der Waals surface area contributed by atoms with Gasteiger partial charge in [0.25, 0.3) is 0 Å². The highest BCUT2D eigenvalue weighted by Gasteiger charge is 2.29. The Morgan fingerprint density at radius 2 is 1.68 bits per heavy atom. The van der Waals surface area contributed by atoms with Gasteiger partial charge in [-0.15, -0.1) is 0 Å². The van der Waals surface area contributed by atoms with Gasteiger partial charge in [0.1, 0.15) is 6.29 Å². The van der Waals surface area contributed by atoms with Crippen molar-refractivity contribution in [2.75, 3.05) is 34.2 Å². The van der Waals surface area contributed by atoms with Gasteiger partial charge in [0.05, 0.1) is 6.04 Å². The van der Waals surface area contributed by atoms with Crippen molar-refractivity contribution in [3.05, 3.63) is 0 Å². The Bertz CT molecular complexity index is 425. The molecule has 3 fully saturated rings. The predicted octanol–water partition coefficient (Wildman–Crippen LogP) is 3.91. The summed E-state index contributed by atoms with van der Waals surface area (Å²) in [5, 5.41) is 5.50. The van der Waals surface area contributed by atoms with E-state index in [1.165, 1.54) is 70.8 Å². The molecule has 2 saturated carbocycles. The summed E-state index contributed by atoms with van der Waals surface area (Å²) in [5.74, 6) is 1.79. The minimum absolute atomic E-state index is 0.216. The van der Waals surface area contributed by atoms with E-state index in [-0.39, 0.29) is 6.04 Å². The summed E-state index contributed by atoms with van der Waals surface area (Å²) in [6, 6.07) is 1.10. The van der Waals surface area contributed by atoms with Crippen LogP contribution in [0, 0.1) is 17.2 Å². The highest BCUT2D eigenvalue weighted by atomic mass is 16.1. The van der Waals surface area contributed by atoms with Crippen LogP contribution in [0.5, 0.6) is 0 Å². The Hall–Kier alpha value is -0.820. The second-order valence-corrected chi connectivity index (χ2v) is 10.2. The van der Waals surface area contributed by atoms with Crippen LogP contribution in [0.3, 0.4) is 0 Å². The molecule has 0 aromatic rings. The molecule has 3 aliphatic rings. The van der Waals surface area contributed by atoms with Crippen molar-refractivity contribution >= 4 is 13.0 Å². The first-order valence-corrected chi connectivity index (χ1v) is 12.5. The van der Waals surface area contributed by atoms with Crippen molar-refractivity contribution < 1.29 is 4.79 Å². The summed E-state index contributed by atoms with van der Waals surface area (Å²) in [6.45, 7) is 7.29. The average Bonchev–Trinajstić information content (AvgIpc) is 3.21. The van der Waals surface area contributed by atoms with E-state index < -0.39 is 0 Å². The number of carbonyl (C=O) groups is 1. The number of nitrogens with zero attached hydrogens (tertiary/aromatic N) is 2. The fourth-order valence-corrected chi connectivity index (χ4v) is 4.85. The molecule has 0 radical (unpaired) electrons. The van der Waals surface area contributed by atoms with E-state index in [0.29, 0.717) is 6.04 Å². The first-order valence-electron chi connectivity index (χ1n) is 12.5. The maximum atomic E-state index is 10.3. The third kappa shape index (κ3) is 15.6. The van der Waals surface area contributed by atoms with Gasteiger partial charge in [-0.05, 0) is 71.8 Å². The fraction of sp³-hybridized carbons (Fsp3) is 0.920. The molecule has 0 aromatic heterocycles. The van der Waals surface area contributed by atoms with Crippen molar-refractivity contribution in [2.45, 2.75) is 102 Å². The van der Waals surface area contributed by atoms with Crippen LogP contribution in [0.25, 0.3) is 0 Å². The van der Waals surface area contributed by atoms with Crippen molar-refractivity contribution in [1.82, 2.24) is 9.80 Å². The molecule has 0 aromatic carbocycles. The molecule has 3 rings (SSSR count). The van der Waals surface area contributed by atoms with E-state index in [1.807, 2.05) is 26.0 Å². The van der Waals surface area contributed by atoms with E-state index in [2.05, 4.69) is 18.5 Å². The molecule has 5 N–H and O–H groups in total. The van der Waals surface area contributed by atoms with Gasteiger partial charge in [-0.3, -0.25) is 4.90 Å². The smallest absolute Gasteiger partial charge is 0.136 e. The maximum Gasteiger partial charge on any atom is 0.136 e. The van der Waals surface area contributed by atoms with Crippen LogP contribution >= 0.6 is 0 Å². The van der Waals surface area contributed by atoms with E-state index in [0.717, 1.165) is 43.6 Å². The van der Waals surface area contributed by atoms with Gasteiger partial charge in [-0.1, -0.05) is 51.9 Å². The second-order valence-electron chi connectivity index (χ2n) is 10.2. The monoisotopic (exact) mass is 439 g/mol. The highest BCUT2D eigenvalue weighted by molar-refractivity contribution is 5.56. The molecule has 4 unspecified atom stereocenters. The Morgan fingerprint density at radius 3 is 2.16 bits per heavy atom. The van der Waals surface area contributed by atoms with Crippen molar-refractivity contribution in [2.24, 2.45) is 23.3 Å². The highest BCUT2D eigenvalue weighted by Crippen LogP contribution is 2.29. The quantitative estimate of drug-likeness (QED) is 0.445. The number of nitrogens with two attached hydrogens (primary N) is 2. The minimum Gasteiger partial charge on any atom is -0.326 e. The van der Waals surface area contributed by atoms with Crippen LogP contribution in [-0.2, 0) is 4.79 Å². The van der Waals surface area contributed by atoms with E-state index in [9.17, 15) is 4.79 Å². The van der Waals surface area contributed by atoms with Crippen molar-refractivity contribution in [3.63, 3.8) is 0 Å². The number of rotatable bonds is 5. The van der Waals surface area contributed by atoms with E-state index >= 15 is 0 Å². The van der Waals surface area contributed by atoms with Gasteiger partial charge in [0, 0.05) is 25.2 Å². The molecule has 0 amide bonds. The predicted molar refractivity (Wildman–Crippen MR) is 135 cm³/mol. The second kappa shape index (κ2) is 18.7. The Kier molecular flexibility index (Phi) is 18.2. The summed E-state index contributed by atoms with van der Waals surface area (Å²) in [7, 11) is 6.00. The van der Waals surface area contributed by atoms with E-state index in [1.54, 1.807) is 0 Å². The molecule has 0 bridgehead atoms. The lowest BCUT2D eigenvalue weighted by atomic mass is 9.85. The lowest BCUT2D eigenvalue weighted by molar-refractivity contribution is -0.109. The summed E-state index contributed by atoms with van der Waals surface area (Å²) in [6.07, 6.45) is 16.7. The Labute approximate surface area is 193 Å². The number of likely N-dealkylation sites (tertiary alicyclic amines) is 1. The molecule has 31 heavy (non-hydrogen) atoms. The molecule has 1 aliphatic heterocycles. The standard InChI is InChI=1S/C11H22N2.C10H19NO.C3H9N.CH3N/c1-9-3-2-4-11(7-9)13-6-5-10(12)8-13;11-10(8-12)7-6-9-4-2-1-3-5-9;1-4(2)3;1-2/h9-11H,2-8,12H2,1H3;8-10H,1-7,11H2;1-3H3;2H,1H2. The zero-order valence-electron chi connectivity index (χ0n) is 21.0. The Balaban J connectivity index is 0.000000466. The zero-order chi connectivity index (χ0) is 23.6. The molecule has 1 saturated heterocycles. The molecular weight excluding hydrogens is 386 g/mol. The molecule has 1 heterocycles. The molecule has 6 nitrogen and oxygen atoms in total. The molecule has 4 atom stereocenters. The lowest BCUT2D eigenvalue weighted by Gasteiger charge is -2.33. The number of hydrogen-bond acceptors (Lipinski definition) is 6. The van der Waals surface area contributed by atoms with Crippen LogP contribution in [0.2, 0.25) is 0 Å². The summed E-state index contributed by atoms with van der Waals surface area (Å²) >= 11 is 0. The first kappa shape index (κ1) is 30.2. The largest absolute Gasteiger partial charge is 0.326 e. The van der Waals surface area contributed by atoms with Crippen LogP contribution in [0.4, 0.5) is 0 Å². The van der Waals surface area contributed by atoms with Gasteiger partial charge < -0.3 is 26.6 Å². The molecular formula is C25H53N5O. The Morgan fingerprint density at radius 1 is 1.06 bits per heavy atom. The average molecular weight is 440 g/mol. The van der Waals surface area contributed by atoms with Gasteiger partial charge in [0.2, 0.25) is 0 Å². The molecule has 0 spiro atoms. The van der Waals surface area contributed by atoms with Crippen molar-refractivity contribution in [1.29, 1.82) is 5.41 Å². The molecule has 184 valence electrons. The van der Waals surface area contributed by atoms with Crippen LogP contribution in [0.15, 0.2) is 0 Å². The third-order valence-corrected chi connectivity index (χ3v) is 6.49. The zero-order valence-corrected chi connectivity index (χ0v) is 21.0. The summed E-state index contributed by atoms with van der Waals surface area (Å²) in [4.78, 5) is 14.9. The molecule has 2 aliphatic carbocycles. The lowest BCUT2D eigenvalue weighted by Crippen LogP contribution is -2.38. The van der Waals surface area contributed by atoms with Gasteiger partial charge >= 0.3 is 0 Å². The summed E-state index contributed by atoms with van der Waals surface area (Å²) < 4.78 is 0.